The number of carbonyl (C=O) groups excluding carboxylic acids is 1. The molecule has 0 radical (unpaired) electrons. The van der Waals surface area contributed by atoms with Crippen LogP contribution in [0.3, 0.4) is 0 Å². The molecule has 3 aromatic carbocycles. The quantitative estimate of drug-likeness (QED) is 0.475. The lowest BCUT2D eigenvalue weighted by Gasteiger charge is -2.16. The van der Waals surface area contributed by atoms with Crippen molar-refractivity contribution in [1.82, 2.24) is 5.32 Å². The zero-order chi connectivity index (χ0) is 24.2. The molecule has 3 aromatic rings. The molecule has 6 nitrogen and oxygen atoms in total. The van der Waals surface area contributed by atoms with Crippen LogP contribution < -0.4 is 20.1 Å². The third-order valence-electron chi connectivity index (χ3n) is 4.80. The predicted molar refractivity (Wildman–Crippen MR) is 119 cm³/mol. The fraction of sp³-hybridized carbons (Fsp3) is 0.167. The van der Waals surface area contributed by atoms with Gasteiger partial charge in [0.1, 0.15) is 11.5 Å². The van der Waals surface area contributed by atoms with Crippen LogP contribution in [0.4, 0.5) is 18.9 Å². The Morgan fingerprint density at radius 3 is 2.48 bits per heavy atom. The van der Waals surface area contributed by atoms with Crippen molar-refractivity contribution in [3.63, 3.8) is 0 Å². The minimum Gasteiger partial charge on any atom is -0.495 e. The number of benzene rings is 3. The first-order chi connectivity index (χ1) is 15.6. The summed E-state index contributed by atoms with van der Waals surface area (Å²) in [5.74, 6) is -0.540. The van der Waals surface area contributed by atoms with Gasteiger partial charge in [-0.3, -0.25) is 4.79 Å². The minimum atomic E-state index is -4.91. The Morgan fingerprint density at radius 2 is 1.85 bits per heavy atom. The maximum Gasteiger partial charge on any atom is 0.573 e. The number of hydrogen-bond acceptors (Lipinski definition) is 5. The fourth-order valence-electron chi connectivity index (χ4n) is 3.30. The van der Waals surface area contributed by atoms with E-state index in [1.165, 1.54) is 26.3 Å². The van der Waals surface area contributed by atoms with Gasteiger partial charge in [0, 0.05) is 30.1 Å². The van der Waals surface area contributed by atoms with E-state index in [0.717, 1.165) is 11.5 Å². The lowest BCUT2D eigenvalue weighted by atomic mass is 9.98. The maximum atomic E-state index is 12.8. The van der Waals surface area contributed by atoms with Gasteiger partial charge in [-0.1, -0.05) is 24.8 Å². The molecule has 0 spiro atoms. The first-order valence-corrected chi connectivity index (χ1v) is 9.71. The van der Waals surface area contributed by atoms with Crippen molar-refractivity contribution >= 4 is 22.4 Å². The fourth-order valence-corrected chi connectivity index (χ4v) is 3.30. The summed E-state index contributed by atoms with van der Waals surface area (Å²) in [6.07, 6.45) is -4.91. The summed E-state index contributed by atoms with van der Waals surface area (Å²) in [7, 11) is 2.89. The van der Waals surface area contributed by atoms with Crippen molar-refractivity contribution in [2.45, 2.75) is 6.36 Å². The van der Waals surface area contributed by atoms with Gasteiger partial charge >= 0.3 is 6.36 Å². The molecule has 9 heteroatoms. The predicted octanol–water partition coefficient (Wildman–Crippen LogP) is 5.27. The van der Waals surface area contributed by atoms with Crippen molar-refractivity contribution in [2.24, 2.45) is 0 Å². The molecule has 0 unspecified atom stereocenters. The molecule has 0 bridgehead atoms. The largest absolute Gasteiger partial charge is 0.573 e. The zero-order valence-corrected chi connectivity index (χ0v) is 17.8. The summed E-state index contributed by atoms with van der Waals surface area (Å²) in [5, 5.41) is 16.1. The molecule has 33 heavy (non-hydrogen) atoms. The second-order valence-corrected chi connectivity index (χ2v) is 7.02. The van der Waals surface area contributed by atoms with Gasteiger partial charge in [0.2, 0.25) is 0 Å². The van der Waals surface area contributed by atoms with Crippen molar-refractivity contribution in [3.8, 4) is 28.7 Å². The van der Waals surface area contributed by atoms with Gasteiger partial charge in [-0.05, 0) is 46.8 Å². The van der Waals surface area contributed by atoms with E-state index in [1.807, 2.05) is 12.1 Å². The van der Waals surface area contributed by atoms with Gasteiger partial charge in [-0.15, -0.1) is 13.2 Å². The van der Waals surface area contributed by atoms with Crippen LogP contribution in [-0.4, -0.2) is 33.0 Å². The van der Waals surface area contributed by atoms with Crippen molar-refractivity contribution in [3.05, 3.63) is 66.2 Å². The summed E-state index contributed by atoms with van der Waals surface area (Å²) >= 11 is 0. The van der Waals surface area contributed by atoms with E-state index in [-0.39, 0.29) is 12.1 Å². The summed E-state index contributed by atoms with van der Waals surface area (Å²) in [4.78, 5) is 12.1. The molecule has 0 atom stereocenters. The summed E-state index contributed by atoms with van der Waals surface area (Å²) in [5.41, 5.74) is 1.84. The molecule has 170 valence electrons. The molecule has 0 saturated heterocycles. The molecule has 2 N–H and O–H groups in total. The van der Waals surface area contributed by atoms with Crippen LogP contribution in [0.25, 0.3) is 21.9 Å². The van der Waals surface area contributed by atoms with E-state index in [1.54, 1.807) is 24.3 Å². The number of nitrogens with zero attached hydrogens (tertiary/aromatic N) is 1. The molecular weight excluding hydrogens is 435 g/mol. The molecule has 0 aliphatic carbocycles. The maximum absolute atomic E-state index is 12.8. The summed E-state index contributed by atoms with van der Waals surface area (Å²) < 4.78 is 48.0. The zero-order valence-electron chi connectivity index (χ0n) is 17.8. The number of nitrogens with one attached hydrogen (secondary N) is 2. The van der Waals surface area contributed by atoms with E-state index < -0.39 is 18.0 Å². The number of hydrogen-bond donors (Lipinski definition) is 2. The van der Waals surface area contributed by atoms with E-state index in [9.17, 15) is 18.0 Å². The number of alkyl halides is 3. The molecular formula is C24H20F3N3O3. The Labute approximate surface area is 188 Å². The van der Waals surface area contributed by atoms with E-state index in [0.29, 0.717) is 33.5 Å². The van der Waals surface area contributed by atoms with Crippen LogP contribution in [0.15, 0.2) is 60.7 Å². The first-order valence-electron chi connectivity index (χ1n) is 9.71. The first kappa shape index (κ1) is 23.5. The molecule has 0 aliphatic heterocycles. The number of nitriles is 1. The van der Waals surface area contributed by atoms with Gasteiger partial charge in [-0.2, -0.15) is 5.26 Å². The Hall–Kier alpha value is -4.19. The van der Waals surface area contributed by atoms with Gasteiger partial charge < -0.3 is 20.1 Å². The Balaban J connectivity index is 2.16. The average Bonchev–Trinajstić information content (AvgIpc) is 2.79. The van der Waals surface area contributed by atoms with Crippen LogP contribution in [0.5, 0.6) is 11.5 Å². The van der Waals surface area contributed by atoms with Crippen molar-refractivity contribution in [1.29, 1.82) is 5.26 Å². The lowest BCUT2D eigenvalue weighted by Crippen LogP contribution is -2.20. The molecule has 0 aromatic heterocycles. The average molecular weight is 455 g/mol. The van der Waals surface area contributed by atoms with E-state index in [2.05, 4.69) is 21.9 Å². The number of fused-ring (bicyclic) bond motifs is 1. The van der Waals surface area contributed by atoms with Gasteiger partial charge in [0.15, 0.2) is 0 Å². The second-order valence-electron chi connectivity index (χ2n) is 7.02. The second kappa shape index (κ2) is 9.53. The van der Waals surface area contributed by atoms with Crippen LogP contribution >= 0.6 is 0 Å². The van der Waals surface area contributed by atoms with Crippen LogP contribution in [0.2, 0.25) is 0 Å². The minimum absolute atomic E-state index is 0.0173. The normalized spacial score (nSPS) is 10.9. The molecule has 0 heterocycles. The molecule has 0 saturated carbocycles. The number of anilines is 1. The number of rotatable bonds is 7. The Kier molecular flexibility index (Phi) is 6.78. The molecule has 0 aliphatic rings. The summed E-state index contributed by atoms with van der Waals surface area (Å²) in [6.45, 7) is 3.84. The number of amides is 1. The van der Waals surface area contributed by atoms with Gasteiger partial charge in [-0.25, -0.2) is 0 Å². The standard InChI is InChI=1S/C24H20F3N3O3/c1-14(12-28)13-30-22-20-11-16(5-4-15(20)6-7-21(22)32-3)17-8-18(23(31)29-2)10-19(9-17)33-24(25,26)27/h4-11,30H,1,13H2,2-3H3,(H,29,31). The van der Waals surface area contributed by atoms with Crippen molar-refractivity contribution in [2.75, 3.05) is 26.0 Å². The Morgan fingerprint density at radius 1 is 1.12 bits per heavy atom. The van der Waals surface area contributed by atoms with Gasteiger partial charge in [0.05, 0.1) is 18.9 Å². The topological polar surface area (TPSA) is 83.4 Å². The number of halogens is 3. The van der Waals surface area contributed by atoms with Gasteiger partial charge in [0.25, 0.3) is 5.91 Å². The highest BCUT2D eigenvalue weighted by Crippen LogP contribution is 2.37. The monoisotopic (exact) mass is 455 g/mol. The third kappa shape index (κ3) is 5.54. The van der Waals surface area contributed by atoms with E-state index >= 15 is 0 Å². The molecule has 3 rings (SSSR count). The highest BCUT2D eigenvalue weighted by molar-refractivity contribution is 6.00. The number of ether oxygens (including phenoxy) is 2. The van der Waals surface area contributed by atoms with Crippen LogP contribution in [-0.2, 0) is 0 Å². The summed E-state index contributed by atoms with van der Waals surface area (Å²) in [6, 6.07) is 14.6. The van der Waals surface area contributed by atoms with Crippen LogP contribution in [0.1, 0.15) is 10.4 Å². The highest BCUT2D eigenvalue weighted by atomic mass is 19.4. The number of carbonyl (C=O) groups is 1. The lowest BCUT2D eigenvalue weighted by molar-refractivity contribution is -0.274. The smallest absolute Gasteiger partial charge is 0.495 e. The van der Waals surface area contributed by atoms with E-state index in [4.69, 9.17) is 10.00 Å². The third-order valence-corrected chi connectivity index (χ3v) is 4.80. The van der Waals surface area contributed by atoms with Crippen molar-refractivity contribution < 1.29 is 27.4 Å². The molecule has 1 amide bonds. The molecule has 0 fully saturated rings. The SMILES string of the molecule is C=C(C#N)CNc1c(OC)ccc2ccc(-c3cc(OC(F)(F)F)cc(C(=O)NC)c3)cc12. The highest BCUT2D eigenvalue weighted by Gasteiger charge is 2.31. The number of methoxy groups -OCH3 is 1. The Bertz CT molecular complexity index is 1260. The van der Waals surface area contributed by atoms with Crippen LogP contribution in [0, 0.1) is 11.3 Å².